The lowest BCUT2D eigenvalue weighted by molar-refractivity contribution is -0.0671. The summed E-state index contributed by atoms with van der Waals surface area (Å²) >= 11 is 0. The molecule has 0 bridgehead atoms. The second-order valence-corrected chi connectivity index (χ2v) is 5.11. The number of hydrogen-bond donors (Lipinski definition) is 1. The highest BCUT2D eigenvalue weighted by Crippen LogP contribution is 2.40. The zero-order valence-electron chi connectivity index (χ0n) is 11.2. The Morgan fingerprint density at radius 3 is 2.56 bits per heavy atom. The van der Waals surface area contributed by atoms with Gasteiger partial charge in [-0.05, 0) is 37.6 Å². The van der Waals surface area contributed by atoms with Crippen molar-refractivity contribution in [3.05, 3.63) is 35.6 Å². The summed E-state index contributed by atoms with van der Waals surface area (Å²) in [4.78, 5) is 0. The smallest absolute Gasteiger partial charge is 0.123 e. The highest BCUT2D eigenvalue weighted by Gasteiger charge is 2.40. The maximum atomic E-state index is 13.4. The van der Waals surface area contributed by atoms with E-state index in [0.29, 0.717) is 0 Å². The Morgan fingerprint density at radius 2 is 2.00 bits per heavy atom. The Bertz CT molecular complexity index is 388. The summed E-state index contributed by atoms with van der Waals surface area (Å²) in [6.07, 6.45) is 5.70. The number of likely N-dealkylation sites (N-methyl/N-ethyl adjacent to an activating group) is 1. The summed E-state index contributed by atoms with van der Waals surface area (Å²) in [7, 11) is 3.69. The summed E-state index contributed by atoms with van der Waals surface area (Å²) in [6.45, 7) is 0. The third-order valence-corrected chi connectivity index (χ3v) is 4.10. The van der Waals surface area contributed by atoms with Gasteiger partial charge in [-0.2, -0.15) is 0 Å². The Kier molecular flexibility index (Phi) is 4.36. The van der Waals surface area contributed by atoms with Gasteiger partial charge in [-0.3, -0.25) is 0 Å². The Labute approximate surface area is 109 Å². The number of ether oxygens (including phenoxy) is 1. The van der Waals surface area contributed by atoms with Gasteiger partial charge in [0.1, 0.15) is 5.82 Å². The number of nitrogens with one attached hydrogen (secondary N) is 1. The van der Waals surface area contributed by atoms with Crippen molar-refractivity contribution in [2.24, 2.45) is 0 Å². The van der Waals surface area contributed by atoms with Gasteiger partial charge in [-0.25, -0.2) is 4.39 Å². The maximum absolute atomic E-state index is 13.4. The normalized spacial score (nSPS) is 20.6. The van der Waals surface area contributed by atoms with E-state index < -0.39 is 0 Å². The van der Waals surface area contributed by atoms with Crippen molar-refractivity contribution in [3.8, 4) is 0 Å². The monoisotopic (exact) mass is 251 g/mol. The molecule has 2 rings (SSSR count). The Morgan fingerprint density at radius 1 is 1.28 bits per heavy atom. The van der Waals surface area contributed by atoms with Crippen molar-refractivity contribution in [1.29, 1.82) is 0 Å². The number of halogens is 1. The number of methoxy groups -OCH3 is 1. The molecule has 1 unspecified atom stereocenters. The third-order valence-electron chi connectivity index (χ3n) is 4.10. The van der Waals surface area contributed by atoms with Crippen LogP contribution in [0.2, 0.25) is 0 Å². The van der Waals surface area contributed by atoms with Gasteiger partial charge < -0.3 is 10.1 Å². The van der Waals surface area contributed by atoms with Crippen molar-refractivity contribution >= 4 is 0 Å². The summed E-state index contributed by atoms with van der Waals surface area (Å²) in [5.74, 6) is -0.185. The van der Waals surface area contributed by atoms with Crippen LogP contribution < -0.4 is 5.32 Å². The van der Waals surface area contributed by atoms with Crippen LogP contribution >= 0.6 is 0 Å². The van der Waals surface area contributed by atoms with Crippen LogP contribution in [0.5, 0.6) is 0 Å². The SMILES string of the molecule is CNC(c1cccc(F)c1)C1(OC)CCCCC1. The van der Waals surface area contributed by atoms with Gasteiger partial charge >= 0.3 is 0 Å². The minimum Gasteiger partial charge on any atom is -0.376 e. The molecule has 0 amide bonds. The molecule has 1 aliphatic carbocycles. The first-order valence-electron chi connectivity index (χ1n) is 6.70. The summed E-state index contributed by atoms with van der Waals surface area (Å²) < 4.78 is 19.2. The summed E-state index contributed by atoms with van der Waals surface area (Å²) in [5, 5.41) is 3.32. The lowest BCUT2D eigenvalue weighted by Gasteiger charge is -2.42. The molecule has 1 atom stereocenters. The molecule has 3 heteroatoms. The molecule has 2 nitrogen and oxygen atoms in total. The molecule has 0 radical (unpaired) electrons. The van der Waals surface area contributed by atoms with Crippen LogP contribution in [0.4, 0.5) is 4.39 Å². The minimum absolute atomic E-state index is 0.0542. The highest BCUT2D eigenvalue weighted by atomic mass is 19.1. The topological polar surface area (TPSA) is 21.3 Å². The molecule has 1 saturated carbocycles. The van der Waals surface area contributed by atoms with Gasteiger partial charge in [0.05, 0.1) is 11.6 Å². The van der Waals surface area contributed by atoms with Crippen molar-refractivity contribution in [3.63, 3.8) is 0 Å². The number of benzene rings is 1. The largest absolute Gasteiger partial charge is 0.376 e. The molecule has 1 aromatic carbocycles. The van der Waals surface area contributed by atoms with Crippen molar-refractivity contribution in [1.82, 2.24) is 5.32 Å². The van der Waals surface area contributed by atoms with Crippen LogP contribution in [0.15, 0.2) is 24.3 Å². The first-order valence-corrected chi connectivity index (χ1v) is 6.70. The van der Waals surface area contributed by atoms with Crippen molar-refractivity contribution in [2.45, 2.75) is 43.7 Å². The minimum atomic E-state index is -0.194. The zero-order chi connectivity index (χ0) is 13.0. The van der Waals surface area contributed by atoms with Crippen molar-refractivity contribution < 1.29 is 9.13 Å². The van der Waals surface area contributed by atoms with E-state index in [1.54, 1.807) is 19.2 Å². The summed E-state index contributed by atoms with van der Waals surface area (Å²) in [6, 6.07) is 6.88. The Hall–Kier alpha value is -0.930. The second-order valence-electron chi connectivity index (χ2n) is 5.11. The fourth-order valence-electron chi connectivity index (χ4n) is 3.18. The molecule has 0 saturated heterocycles. The fourth-order valence-corrected chi connectivity index (χ4v) is 3.18. The van der Waals surface area contributed by atoms with E-state index >= 15 is 0 Å². The second kappa shape index (κ2) is 5.81. The lowest BCUT2D eigenvalue weighted by atomic mass is 9.76. The first-order chi connectivity index (χ1) is 8.72. The quantitative estimate of drug-likeness (QED) is 0.885. The molecule has 100 valence electrons. The summed E-state index contributed by atoms with van der Waals surface area (Å²) in [5.41, 5.74) is 0.780. The van der Waals surface area contributed by atoms with E-state index in [0.717, 1.165) is 18.4 Å². The van der Waals surface area contributed by atoms with Crippen LogP contribution in [0.1, 0.15) is 43.7 Å². The third kappa shape index (κ3) is 2.57. The van der Waals surface area contributed by atoms with Gasteiger partial charge in [0.25, 0.3) is 0 Å². The van der Waals surface area contributed by atoms with E-state index in [2.05, 4.69) is 5.32 Å². The molecule has 1 N–H and O–H groups in total. The highest BCUT2D eigenvalue weighted by molar-refractivity contribution is 5.23. The molecule has 1 aromatic rings. The van der Waals surface area contributed by atoms with Crippen LogP contribution in [0, 0.1) is 5.82 Å². The molecule has 0 spiro atoms. The molecule has 0 heterocycles. The van der Waals surface area contributed by atoms with Crippen LogP contribution in [-0.4, -0.2) is 19.8 Å². The molecule has 1 aliphatic rings. The average molecular weight is 251 g/mol. The van der Waals surface area contributed by atoms with Gasteiger partial charge in [-0.15, -0.1) is 0 Å². The number of hydrogen-bond acceptors (Lipinski definition) is 2. The van der Waals surface area contributed by atoms with Gasteiger partial charge in [0.2, 0.25) is 0 Å². The fraction of sp³-hybridized carbons (Fsp3) is 0.600. The van der Waals surface area contributed by atoms with Crippen LogP contribution in [0.25, 0.3) is 0 Å². The molecule has 0 aliphatic heterocycles. The van der Waals surface area contributed by atoms with E-state index in [9.17, 15) is 4.39 Å². The molecule has 0 aromatic heterocycles. The van der Waals surface area contributed by atoms with Crippen LogP contribution in [-0.2, 0) is 4.74 Å². The lowest BCUT2D eigenvalue weighted by Crippen LogP contribution is -2.46. The Balaban J connectivity index is 2.31. The van der Waals surface area contributed by atoms with E-state index in [1.165, 1.54) is 25.3 Å². The van der Waals surface area contributed by atoms with Crippen molar-refractivity contribution in [2.75, 3.05) is 14.2 Å². The predicted octanol–water partition coefficient (Wildman–Crippen LogP) is 3.44. The molecule has 1 fully saturated rings. The predicted molar refractivity (Wildman–Crippen MR) is 71.0 cm³/mol. The average Bonchev–Trinajstić information content (AvgIpc) is 2.41. The van der Waals surface area contributed by atoms with E-state index in [-0.39, 0.29) is 17.5 Å². The molecular formula is C15H22FNO. The van der Waals surface area contributed by atoms with E-state index in [4.69, 9.17) is 4.74 Å². The first kappa shape index (κ1) is 13.5. The van der Waals surface area contributed by atoms with E-state index in [1.807, 2.05) is 13.1 Å². The van der Waals surface area contributed by atoms with Gasteiger partial charge in [0.15, 0.2) is 0 Å². The maximum Gasteiger partial charge on any atom is 0.123 e. The zero-order valence-corrected chi connectivity index (χ0v) is 11.2. The van der Waals surface area contributed by atoms with Gasteiger partial charge in [0, 0.05) is 7.11 Å². The number of rotatable bonds is 4. The van der Waals surface area contributed by atoms with Crippen LogP contribution in [0.3, 0.4) is 0 Å². The molecule has 18 heavy (non-hydrogen) atoms. The molecular weight excluding hydrogens is 229 g/mol. The standard InChI is InChI=1S/C15H22FNO/c1-17-14(12-7-6-8-13(16)11-12)15(18-2)9-4-3-5-10-15/h6-8,11,14,17H,3-5,9-10H2,1-2H3. The van der Waals surface area contributed by atoms with Gasteiger partial charge in [-0.1, -0.05) is 31.4 Å².